The third-order valence-corrected chi connectivity index (χ3v) is 5.60. The summed E-state index contributed by atoms with van der Waals surface area (Å²) in [5, 5.41) is 11.8. The van der Waals surface area contributed by atoms with Crippen molar-refractivity contribution in [3.8, 4) is 11.5 Å². The lowest BCUT2D eigenvalue weighted by atomic mass is 9.59. The summed E-state index contributed by atoms with van der Waals surface area (Å²) in [6, 6.07) is 7.24. The predicted octanol–water partition coefficient (Wildman–Crippen LogP) is 2.86. The van der Waals surface area contributed by atoms with Gasteiger partial charge >= 0.3 is 0 Å². The topological polar surface area (TPSA) is 51.0 Å². The molecule has 1 saturated heterocycles. The van der Waals surface area contributed by atoms with Crippen LogP contribution in [0.2, 0.25) is 0 Å². The van der Waals surface area contributed by atoms with Crippen LogP contribution in [0, 0.1) is 12.8 Å². The number of aromatic nitrogens is 2. The minimum atomic E-state index is 0.245. The summed E-state index contributed by atoms with van der Waals surface area (Å²) < 4.78 is 5.59. The van der Waals surface area contributed by atoms with E-state index >= 15 is 0 Å². The number of piperidine rings is 1. The molecule has 2 aromatic rings. The Labute approximate surface area is 125 Å². The maximum atomic E-state index is 5.59. The first-order valence-corrected chi connectivity index (χ1v) is 7.75. The van der Waals surface area contributed by atoms with Crippen LogP contribution in [0.3, 0.4) is 0 Å². The van der Waals surface area contributed by atoms with Crippen LogP contribution in [-0.2, 0) is 11.8 Å². The van der Waals surface area contributed by atoms with E-state index in [1.807, 2.05) is 6.92 Å². The number of hydrogen-bond acceptors (Lipinski definition) is 4. The van der Waals surface area contributed by atoms with Gasteiger partial charge in [0.15, 0.2) is 0 Å². The zero-order chi connectivity index (χ0) is 14.6. The molecule has 4 nitrogen and oxygen atoms in total. The quantitative estimate of drug-likeness (QED) is 0.874. The fourth-order valence-corrected chi connectivity index (χ4v) is 4.06. The molecule has 4 heteroatoms. The molecule has 1 fully saturated rings. The van der Waals surface area contributed by atoms with Crippen LogP contribution < -0.4 is 5.32 Å². The summed E-state index contributed by atoms with van der Waals surface area (Å²) in [7, 11) is 0. The maximum Gasteiger partial charge on any atom is 0.247 e. The Balaban J connectivity index is 1.84. The van der Waals surface area contributed by atoms with Crippen LogP contribution in [0.5, 0.6) is 0 Å². The maximum absolute atomic E-state index is 5.59. The lowest BCUT2D eigenvalue weighted by molar-refractivity contribution is 0.158. The monoisotopic (exact) mass is 283 g/mol. The van der Waals surface area contributed by atoms with Crippen molar-refractivity contribution in [1.82, 2.24) is 15.5 Å². The Morgan fingerprint density at radius 3 is 2.95 bits per heavy atom. The lowest BCUT2D eigenvalue weighted by Crippen LogP contribution is -2.56. The Morgan fingerprint density at radius 2 is 2.19 bits per heavy atom. The third kappa shape index (κ3) is 1.85. The second kappa shape index (κ2) is 4.41. The number of aryl methyl sites for hydroxylation is 1. The fraction of sp³-hybridized carbons (Fsp3) is 0.529. The molecular weight excluding hydrogens is 262 g/mol. The molecule has 0 amide bonds. The van der Waals surface area contributed by atoms with E-state index in [4.69, 9.17) is 4.42 Å². The van der Waals surface area contributed by atoms with Gasteiger partial charge in [0.1, 0.15) is 0 Å². The molecule has 0 radical (unpaired) electrons. The van der Waals surface area contributed by atoms with Gasteiger partial charge in [-0.1, -0.05) is 19.9 Å². The summed E-state index contributed by atoms with van der Waals surface area (Å²) >= 11 is 0. The van der Waals surface area contributed by atoms with E-state index in [2.05, 4.69) is 47.6 Å². The van der Waals surface area contributed by atoms with E-state index in [0.29, 0.717) is 23.7 Å². The molecule has 2 aliphatic rings. The molecule has 1 aliphatic heterocycles. The molecule has 0 unspecified atom stereocenters. The highest BCUT2D eigenvalue weighted by Crippen LogP contribution is 2.46. The molecule has 1 aromatic heterocycles. The second-order valence-corrected chi connectivity index (χ2v) is 6.72. The Hall–Kier alpha value is -1.68. The average molecular weight is 283 g/mol. The van der Waals surface area contributed by atoms with E-state index in [1.165, 1.54) is 17.5 Å². The number of nitrogens with one attached hydrogen (secondary N) is 1. The molecule has 1 aromatic carbocycles. The second-order valence-electron chi connectivity index (χ2n) is 6.72. The minimum Gasteiger partial charge on any atom is -0.421 e. The molecule has 110 valence electrons. The summed E-state index contributed by atoms with van der Waals surface area (Å²) in [5.74, 6) is 1.89. The third-order valence-electron chi connectivity index (χ3n) is 5.60. The number of hydrogen-bond donors (Lipinski definition) is 1. The molecule has 2 heterocycles. The van der Waals surface area contributed by atoms with Crippen molar-refractivity contribution in [3.63, 3.8) is 0 Å². The van der Waals surface area contributed by atoms with Crippen molar-refractivity contribution in [2.45, 2.75) is 45.1 Å². The molecule has 3 atom stereocenters. The molecular formula is C17H21N3O. The van der Waals surface area contributed by atoms with E-state index in [0.717, 1.165) is 18.5 Å². The van der Waals surface area contributed by atoms with Crippen LogP contribution in [-0.4, -0.2) is 22.8 Å². The highest BCUT2D eigenvalue weighted by atomic mass is 16.4. The summed E-state index contributed by atoms with van der Waals surface area (Å²) in [4.78, 5) is 0. The van der Waals surface area contributed by atoms with E-state index in [-0.39, 0.29) is 5.41 Å². The zero-order valence-corrected chi connectivity index (χ0v) is 12.8. The molecule has 1 N–H and O–H groups in total. The largest absolute Gasteiger partial charge is 0.421 e. The highest BCUT2D eigenvalue weighted by Gasteiger charge is 2.45. The van der Waals surface area contributed by atoms with Crippen molar-refractivity contribution in [2.24, 2.45) is 5.92 Å². The van der Waals surface area contributed by atoms with Crippen molar-refractivity contribution >= 4 is 0 Å². The number of benzene rings is 1. The van der Waals surface area contributed by atoms with Gasteiger partial charge < -0.3 is 9.73 Å². The minimum absolute atomic E-state index is 0.245. The van der Waals surface area contributed by atoms with Gasteiger partial charge in [0.05, 0.1) is 0 Å². The van der Waals surface area contributed by atoms with Gasteiger partial charge in [-0.2, -0.15) is 0 Å². The van der Waals surface area contributed by atoms with Crippen molar-refractivity contribution < 1.29 is 4.42 Å². The lowest BCUT2D eigenvalue weighted by Gasteiger charge is -2.50. The molecule has 21 heavy (non-hydrogen) atoms. The molecule has 2 bridgehead atoms. The van der Waals surface area contributed by atoms with Crippen molar-refractivity contribution in [1.29, 1.82) is 0 Å². The summed E-state index contributed by atoms with van der Waals surface area (Å²) in [6.07, 6.45) is 2.30. The van der Waals surface area contributed by atoms with Crippen LogP contribution >= 0.6 is 0 Å². The zero-order valence-electron chi connectivity index (χ0n) is 12.8. The van der Waals surface area contributed by atoms with E-state index < -0.39 is 0 Å². The number of nitrogens with zero attached hydrogens (tertiary/aromatic N) is 2. The van der Waals surface area contributed by atoms with E-state index in [9.17, 15) is 0 Å². The van der Waals surface area contributed by atoms with Gasteiger partial charge in [0, 0.05) is 18.5 Å². The average Bonchev–Trinajstić information content (AvgIpc) is 2.89. The van der Waals surface area contributed by atoms with Crippen molar-refractivity contribution in [3.05, 3.63) is 35.2 Å². The van der Waals surface area contributed by atoms with Gasteiger partial charge in [-0.15, -0.1) is 10.2 Å². The smallest absolute Gasteiger partial charge is 0.247 e. The molecule has 1 aliphatic carbocycles. The van der Waals surface area contributed by atoms with Crippen LogP contribution in [0.1, 0.15) is 37.3 Å². The fourth-order valence-electron chi connectivity index (χ4n) is 4.06. The van der Waals surface area contributed by atoms with Gasteiger partial charge in [-0.05, 0) is 54.0 Å². The van der Waals surface area contributed by atoms with Gasteiger partial charge in [-0.25, -0.2) is 0 Å². The Bertz CT molecular complexity index is 693. The molecule has 4 rings (SSSR count). The normalized spacial score (nSPS) is 31.0. The van der Waals surface area contributed by atoms with Crippen molar-refractivity contribution in [2.75, 3.05) is 6.54 Å². The van der Waals surface area contributed by atoms with Crippen LogP contribution in [0.4, 0.5) is 0 Å². The van der Waals surface area contributed by atoms with Crippen LogP contribution in [0.15, 0.2) is 22.6 Å². The Morgan fingerprint density at radius 1 is 1.33 bits per heavy atom. The predicted molar refractivity (Wildman–Crippen MR) is 81.1 cm³/mol. The highest BCUT2D eigenvalue weighted by molar-refractivity contribution is 5.58. The van der Waals surface area contributed by atoms with Gasteiger partial charge in [0.2, 0.25) is 11.8 Å². The first-order valence-electron chi connectivity index (χ1n) is 7.75. The first kappa shape index (κ1) is 13.0. The van der Waals surface area contributed by atoms with Gasteiger partial charge in [0.25, 0.3) is 0 Å². The van der Waals surface area contributed by atoms with E-state index in [1.54, 1.807) is 0 Å². The number of rotatable bonds is 1. The Kier molecular flexibility index (Phi) is 2.73. The number of fused-ring (bicyclic) bond motifs is 4. The summed E-state index contributed by atoms with van der Waals surface area (Å²) in [5.41, 5.74) is 4.22. The first-order chi connectivity index (χ1) is 10.1. The SMILES string of the molecule is Cc1nnc(-c2ccc3c(c2)[C@]2(C)CCN[C@H](C3)[C@H]2C)o1. The molecule has 0 saturated carbocycles. The van der Waals surface area contributed by atoms with Gasteiger partial charge in [-0.3, -0.25) is 0 Å². The standard InChI is InChI=1S/C17H21N3O/c1-10-15-9-12-4-5-13(16-20-19-11(2)21-16)8-14(12)17(10,3)6-7-18-15/h4-5,8,10,15,18H,6-7,9H2,1-3H3/t10-,15-,17-/m1/s1. The summed E-state index contributed by atoms with van der Waals surface area (Å²) in [6.45, 7) is 7.72. The van der Waals surface area contributed by atoms with Crippen LogP contribution in [0.25, 0.3) is 11.5 Å². The molecule has 0 spiro atoms.